The van der Waals surface area contributed by atoms with Crippen LogP contribution in [0.1, 0.15) is 25.3 Å². The van der Waals surface area contributed by atoms with E-state index in [4.69, 9.17) is 4.74 Å². The zero-order chi connectivity index (χ0) is 18.7. The minimum absolute atomic E-state index is 0.300. The molecule has 3 aromatic rings. The summed E-state index contributed by atoms with van der Waals surface area (Å²) in [6.07, 6.45) is 0. The number of para-hydroxylation sites is 2. The fraction of sp³-hybridized carbons (Fsp3) is 0.316. The Labute approximate surface area is 149 Å². The lowest BCUT2D eigenvalue weighted by atomic mass is 10.2. The number of rotatable bonds is 7. The molecule has 1 atom stereocenters. The molecule has 0 fully saturated rings. The average molecular weight is 363 g/mol. The van der Waals surface area contributed by atoms with E-state index in [-0.39, 0.29) is 11.9 Å². The first-order valence-electron chi connectivity index (χ1n) is 8.31. The number of likely N-dealkylation sites (N-methyl/N-ethyl adjacent to an activating group) is 1. The molecule has 0 bridgehead atoms. The van der Waals surface area contributed by atoms with Crippen molar-refractivity contribution < 1.29 is 17.9 Å². The standard InChI is InChI=1S/C19H20F3N3O/c1-13(24(2)10-11-26-15-7-5-6-14(20)12-15)18-23-16-8-3-4-9-17(16)25(18)19(21)22/h3-9,12-13,19H,10-11H2,1-2H3. The number of ether oxygens (including phenoxy) is 1. The summed E-state index contributed by atoms with van der Waals surface area (Å²) in [5.74, 6) is 0.371. The highest BCUT2D eigenvalue weighted by Gasteiger charge is 2.24. The van der Waals surface area contributed by atoms with Gasteiger partial charge in [-0.05, 0) is 38.2 Å². The Morgan fingerprint density at radius 2 is 1.92 bits per heavy atom. The minimum Gasteiger partial charge on any atom is -0.492 e. The Morgan fingerprint density at radius 3 is 2.65 bits per heavy atom. The number of halogens is 3. The second-order valence-corrected chi connectivity index (χ2v) is 6.07. The molecule has 0 aliphatic rings. The molecule has 0 aliphatic carbocycles. The Bertz CT molecular complexity index is 881. The van der Waals surface area contributed by atoms with Crippen molar-refractivity contribution in [3.05, 3.63) is 60.2 Å². The van der Waals surface area contributed by atoms with Gasteiger partial charge in [-0.25, -0.2) is 9.37 Å². The first-order valence-corrected chi connectivity index (χ1v) is 8.31. The highest BCUT2D eigenvalue weighted by atomic mass is 19.3. The van der Waals surface area contributed by atoms with Gasteiger partial charge in [-0.15, -0.1) is 0 Å². The van der Waals surface area contributed by atoms with Gasteiger partial charge in [0.25, 0.3) is 0 Å². The van der Waals surface area contributed by atoms with Crippen LogP contribution in [-0.2, 0) is 0 Å². The smallest absolute Gasteiger partial charge is 0.320 e. The van der Waals surface area contributed by atoms with Crippen LogP contribution >= 0.6 is 0 Å². The van der Waals surface area contributed by atoms with Crippen LogP contribution in [-0.4, -0.2) is 34.7 Å². The maximum atomic E-state index is 13.6. The largest absolute Gasteiger partial charge is 0.492 e. The van der Waals surface area contributed by atoms with E-state index in [1.54, 1.807) is 36.4 Å². The maximum Gasteiger partial charge on any atom is 0.320 e. The lowest BCUT2D eigenvalue weighted by molar-refractivity contribution is 0.0654. The van der Waals surface area contributed by atoms with Crippen LogP contribution in [0, 0.1) is 5.82 Å². The lowest BCUT2D eigenvalue weighted by Crippen LogP contribution is -2.29. The minimum atomic E-state index is -2.67. The third-order valence-electron chi connectivity index (χ3n) is 4.36. The van der Waals surface area contributed by atoms with Gasteiger partial charge in [-0.2, -0.15) is 8.78 Å². The van der Waals surface area contributed by atoms with Crippen LogP contribution in [0.2, 0.25) is 0 Å². The quantitative estimate of drug-likeness (QED) is 0.612. The summed E-state index contributed by atoms with van der Waals surface area (Å²) >= 11 is 0. The third-order valence-corrected chi connectivity index (χ3v) is 4.36. The molecule has 0 N–H and O–H groups in total. The molecule has 2 aromatic carbocycles. The van der Waals surface area contributed by atoms with Crippen molar-refractivity contribution in [3.8, 4) is 5.75 Å². The van der Waals surface area contributed by atoms with Gasteiger partial charge in [0.05, 0.1) is 17.1 Å². The molecule has 0 saturated heterocycles. The summed E-state index contributed by atoms with van der Waals surface area (Å²) in [5.41, 5.74) is 0.952. The third kappa shape index (κ3) is 3.83. The SMILES string of the molecule is CC(c1nc2ccccc2n1C(F)F)N(C)CCOc1cccc(F)c1. The van der Waals surface area contributed by atoms with E-state index >= 15 is 0 Å². The lowest BCUT2D eigenvalue weighted by Gasteiger charge is -2.25. The molecule has 4 nitrogen and oxygen atoms in total. The predicted octanol–water partition coefficient (Wildman–Crippen LogP) is 4.64. The van der Waals surface area contributed by atoms with E-state index in [9.17, 15) is 13.2 Å². The van der Waals surface area contributed by atoms with E-state index in [0.717, 1.165) is 4.57 Å². The zero-order valence-electron chi connectivity index (χ0n) is 14.6. The monoisotopic (exact) mass is 363 g/mol. The Kier molecular flexibility index (Phi) is 5.46. The van der Waals surface area contributed by atoms with Gasteiger partial charge in [0, 0.05) is 12.6 Å². The Hall–Kier alpha value is -2.54. The van der Waals surface area contributed by atoms with Crippen LogP contribution < -0.4 is 4.74 Å². The van der Waals surface area contributed by atoms with Crippen LogP contribution in [0.3, 0.4) is 0 Å². The average Bonchev–Trinajstić information content (AvgIpc) is 3.00. The Morgan fingerprint density at radius 1 is 1.15 bits per heavy atom. The summed E-state index contributed by atoms with van der Waals surface area (Å²) in [5, 5.41) is 0. The molecule has 3 rings (SSSR count). The molecular formula is C19H20F3N3O. The van der Waals surface area contributed by atoms with Crippen LogP contribution in [0.5, 0.6) is 5.75 Å². The number of hydrogen-bond acceptors (Lipinski definition) is 3. The number of alkyl halides is 2. The van der Waals surface area contributed by atoms with Gasteiger partial charge in [0.15, 0.2) is 0 Å². The summed E-state index contributed by atoms with van der Waals surface area (Å²) in [6.45, 7) is -0.0669. The van der Waals surface area contributed by atoms with Gasteiger partial charge in [0.1, 0.15) is 24.0 Å². The number of hydrogen-bond donors (Lipinski definition) is 0. The van der Waals surface area contributed by atoms with E-state index in [1.807, 2.05) is 18.9 Å². The van der Waals surface area contributed by atoms with Gasteiger partial charge < -0.3 is 4.74 Å². The fourth-order valence-electron chi connectivity index (χ4n) is 2.82. The molecule has 7 heteroatoms. The highest BCUT2D eigenvalue weighted by Crippen LogP contribution is 2.28. The molecule has 1 unspecified atom stereocenters. The number of imidazole rings is 1. The van der Waals surface area contributed by atoms with E-state index in [2.05, 4.69) is 4.98 Å². The number of nitrogens with zero attached hydrogens (tertiary/aromatic N) is 3. The molecular weight excluding hydrogens is 343 g/mol. The normalized spacial score (nSPS) is 12.9. The maximum absolute atomic E-state index is 13.6. The first kappa shape index (κ1) is 18.3. The molecule has 138 valence electrons. The van der Waals surface area contributed by atoms with Crippen molar-refractivity contribution in [2.75, 3.05) is 20.2 Å². The van der Waals surface area contributed by atoms with Gasteiger partial charge in [0.2, 0.25) is 0 Å². The van der Waals surface area contributed by atoms with Crippen molar-refractivity contribution in [2.24, 2.45) is 0 Å². The van der Waals surface area contributed by atoms with E-state index < -0.39 is 6.55 Å². The number of aromatic nitrogens is 2. The second kappa shape index (κ2) is 7.78. The van der Waals surface area contributed by atoms with E-state index in [0.29, 0.717) is 35.8 Å². The van der Waals surface area contributed by atoms with Gasteiger partial charge in [-0.3, -0.25) is 9.47 Å². The van der Waals surface area contributed by atoms with Crippen molar-refractivity contribution in [2.45, 2.75) is 19.5 Å². The van der Waals surface area contributed by atoms with Crippen LogP contribution in [0.4, 0.5) is 13.2 Å². The molecule has 0 radical (unpaired) electrons. The van der Waals surface area contributed by atoms with Crippen LogP contribution in [0.25, 0.3) is 11.0 Å². The predicted molar refractivity (Wildman–Crippen MR) is 93.9 cm³/mol. The fourth-order valence-corrected chi connectivity index (χ4v) is 2.82. The Balaban J connectivity index is 1.71. The number of fused-ring (bicyclic) bond motifs is 1. The van der Waals surface area contributed by atoms with Crippen molar-refractivity contribution in [1.29, 1.82) is 0 Å². The summed E-state index contributed by atoms with van der Waals surface area (Å²) in [6, 6.07) is 12.4. The zero-order valence-corrected chi connectivity index (χ0v) is 14.6. The summed E-state index contributed by atoms with van der Waals surface area (Å²) < 4.78 is 46.8. The topological polar surface area (TPSA) is 30.3 Å². The van der Waals surface area contributed by atoms with Crippen molar-refractivity contribution in [1.82, 2.24) is 14.5 Å². The molecule has 1 heterocycles. The highest BCUT2D eigenvalue weighted by molar-refractivity contribution is 5.76. The second-order valence-electron chi connectivity index (χ2n) is 6.07. The molecule has 0 amide bonds. The van der Waals surface area contributed by atoms with Crippen molar-refractivity contribution >= 4 is 11.0 Å². The van der Waals surface area contributed by atoms with Crippen molar-refractivity contribution in [3.63, 3.8) is 0 Å². The summed E-state index contributed by atoms with van der Waals surface area (Å²) in [4.78, 5) is 6.26. The molecule has 1 aromatic heterocycles. The molecule has 0 aliphatic heterocycles. The van der Waals surface area contributed by atoms with Crippen LogP contribution in [0.15, 0.2) is 48.5 Å². The first-order chi connectivity index (χ1) is 12.5. The molecule has 0 spiro atoms. The van der Waals surface area contributed by atoms with Gasteiger partial charge in [-0.1, -0.05) is 18.2 Å². The molecule has 26 heavy (non-hydrogen) atoms. The number of benzene rings is 2. The van der Waals surface area contributed by atoms with Gasteiger partial charge >= 0.3 is 6.55 Å². The van der Waals surface area contributed by atoms with E-state index in [1.165, 1.54) is 12.1 Å². The molecule has 0 saturated carbocycles. The summed E-state index contributed by atoms with van der Waals surface area (Å²) in [7, 11) is 1.81.